The lowest BCUT2D eigenvalue weighted by molar-refractivity contribution is 0.921. The predicted octanol–water partition coefficient (Wildman–Crippen LogP) is 3.04. The third kappa shape index (κ3) is 2.22. The molecule has 0 fully saturated rings. The molecule has 0 aromatic carbocycles. The lowest BCUT2D eigenvalue weighted by atomic mass is 10.2. The molecular weight excluding hydrogens is 180 g/mol. The van der Waals surface area contributed by atoms with E-state index in [0.29, 0.717) is 5.25 Å². The first-order chi connectivity index (χ1) is 4.84. The summed E-state index contributed by atoms with van der Waals surface area (Å²) in [5, 5.41) is 4.60. The first-order valence-electron chi connectivity index (χ1n) is 3.15. The van der Waals surface area contributed by atoms with Crippen molar-refractivity contribution in [2.45, 2.75) is 11.7 Å². The molecule has 0 saturated carbocycles. The van der Waals surface area contributed by atoms with Gasteiger partial charge in [0.2, 0.25) is 0 Å². The number of hydrogen-bond acceptors (Lipinski definition) is 3. The van der Waals surface area contributed by atoms with Crippen molar-refractivity contribution >= 4 is 36.6 Å². The third-order valence-electron chi connectivity index (χ3n) is 1.33. The highest BCUT2D eigenvalue weighted by atomic mass is 32.1. The molecule has 0 spiro atoms. The van der Waals surface area contributed by atoms with E-state index in [4.69, 9.17) is 0 Å². The Morgan fingerprint density at radius 1 is 1.60 bits per heavy atom. The van der Waals surface area contributed by atoms with Gasteiger partial charge in [-0.05, 0) is 34.6 Å². The molecule has 0 N–H and O–H groups in total. The van der Waals surface area contributed by atoms with Crippen molar-refractivity contribution < 1.29 is 0 Å². The number of thiol groups is 2. The molecule has 0 saturated heterocycles. The summed E-state index contributed by atoms with van der Waals surface area (Å²) < 4.78 is 0. The summed E-state index contributed by atoms with van der Waals surface area (Å²) in [6, 6.07) is 2.12. The predicted molar refractivity (Wildman–Crippen MR) is 54.5 cm³/mol. The molecule has 56 valence electrons. The van der Waals surface area contributed by atoms with Crippen LogP contribution in [-0.4, -0.2) is 5.75 Å². The third-order valence-corrected chi connectivity index (χ3v) is 2.85. The Labute approximate surface area is 76.5 Å². The van der Waals surface area contributed by atoms with Gasteiger partial charge in [0.25, 0.3) is 0 Å². The van der Waals surface area contributed by atoms with Crippen molar-refractivity contribution in [2.24, 2.45) is 0 Å². The van der Waals surface area contributed by atoms with Gasteiger partial charge in [0.1, 0.15) is 0 Å². The average molecular weight is 190 g/mol. The van der Waals surface area contributed by atoms with Crippen molar-refractivity contribution in [1.29, 1.82) is 0 Å². The highest BCUT2D eigenvalue weighted by Crippen LogP contribution is 2.25. The Hall–Kier alpha value is 0.400. The fourth-order valence-corrected chi connectivity index (χ4v) is 2.32. The second kappa shape index (κ2) is 4.31. The molecular formula is C7H10S3. The monoisotopic (exact) mass is 190 g/mol. The minimum atomic E-state index is 0.378. The maximum Gasteiger partial charge on any atom is 0.0283 e. The number of hydrogen-bond donors (Lipinski definition) is 2. The molecule has 3 heteroatoms. The maximum atomic E-state index is 4.42. The molecule has 1 atom stereocenters. The molecule has 1 aromatic rings. The molecule has 1 heterocycles. The van der Waals surface area contributed by atoms with Gasteiger partial charge in [0, 0.05) is 5.25 Å². The summed E-state index contributed by atoms with van der Waals surface area (Å²) in [6.45, 7) is 0. The van der Waals surface area contributed by atoms with Gasteiger partial charge in [-0.25, -0.2) is 0 Å². The Kier molecular flexibility index (Phi) is 3.66. The van der Waals surface area contributed by atoms with Crippen LogP contribution in [0, 0.1) is 0 Å². The zero-order chi connectivity index (χ0) is 7.40. The largest absolute Gasteiger partial charge is 0.179 e. The van der Waals surface area contributed by atoms with E-state index in [9.17, 15) is 0 Å². The lowest BCUT2D eigenvalue weighted by Gasteiger charge is -2.04. The molecule has 1 rings (SSSR count). The van der Waals surface area contributed by atoms with Crippen LogP contribution in [0.15, 0.2) is 16.8 Å². The topological polar surface area (TPSA) is 0 Å². The molecule has 0 aliphatic heterocycles. The Morgan fingerprint density at radius 3 is 2.90 bits per heavy atom. The quantitative estimate of drug-likeness (QED) is 0.673. The molecule has 0 aliphatic carbocycles. The standard InChI is InChI=1S/C7H10S3/c8-3-1-7(9)6-2-4-10-5-6/h2,4-5,7-9H,1,3H2. The van der Waals surface area contributed by atoms with Crippen LogP contribution in [0.1, 0.15) is 17.2 Å². The highest BCUT2D eigenvalue weighted by molar-refractivity contribution is 7.81. The molecule has 0 aliphatic rings. The fraction of sp³-hybridized carbons (Fsp3) is 0.429. The van der Waals surface area contributed by atoms with Crippen LogP contribution >= 0.6 is 36.6 Å². The highest BCUT2D eigenvalue weighted by Gasteiger charge is 2.03. The Morgan fingerprint density at radius 2 is 2.40 bits per heavy atom. The SMILES string of the molecule is SCCC(S)c1ccsc1. The van der Waals surface area contributed by atoms with Crippen molar-refractivity contribution in [2.75, 3.05) is 5.75 Å². The molecule has 0 nitrogen and oxygen atoms in total. The van der Waals surface area contributed by atoms with Gasteiger partial charge in [-0.1, -0.05) is 0 Å². The molecule has 1 aromatic heterocycles. The Balaban J connectivity index is 2.50. The van der Waals surface area contributed by atoms with E-state index in [1.165, 1.54) is 5.56 Å². The second-order valence-electron chi connectivity index (χ2n) is 2.08. The number of thiophene rings is 1. The first-order valence-corrected chi connectivity index (χ1v) is 5.25. The van der Waals surface area contributed by atoms with Crippen LogP contribution in [0.3, 0.4) is 0 Å². The first kappa shape index (κ1) is 8.50. The molecule has 10 heavy (non-hydrogen) atoms. The minimum absolute atomic E-state index is 0.378. The summed E-state index contributed by atoms with van der Waals surface area (Å²) in [7, 11) is 0. The van der Waals surface area contributed by atoms with E-state index in [2.05, 4.69) is 42.1 Å². The normalized spacial score (nSPS) is 13.4. The summed E-state index contributed by atoms with van der Waals surface area (Å²) in [5.41, 5.74) is 1.32. The smallest absolute Gasteiger partial charge is 0.0283 e. The maximum absolute atomic E-state index is 4.42. The van der Waals surface area contributed by atoms with Gasteiger partial charge in [-0.3, -0.25) is 0 Å². The van der Waals surface area contributed by atoms with E-state index in [1.54, 1.807) is 11.3 Å². The lowest BCUT2D eigenvalue weighted by Crippen LogP contribution is -1.87. The second-order valence-corrected chi connectivity index (χ2v) is 3.94. The zero-order valence-electron chi connectivity index (χ0n) is 5.53. The van der Waals surface area contributed by atoms with Gasteiger partial charge in [-0.2, -0.15) is 36.6 Å². The van der Waals surface area contributed by atoms with Gasteiger partial charge < -0.3 is 0 Å². The van der Waals surface area contributed by atoms with E-state index < -0.39 is 0 Å². The van der Waals surface area contributed by atoms with Crippen molar-refractivity contribution in [3.8, 4) is 0 Å². The average Bonchev–Trinajstić information content (AvgIpc) is 2.38. The summed E-state index contributed by atoms with van der Waals surface area (Å²) in [6.07, 6.45) is 1.04. The zero-order valence-corrected chi connectivity index (χ0v) is 8.13. The van der Waals surface area contributed by atoms with Crippen molar-refractivity contribution in [3.63, 3.8) is 0 Å². The van der Waals surface area contributed by atoms with Crippen LogP contribution in [-0.2, 0) is 0 Å². The van der Waals surface area contributed by atoms with E-state index in [1.807, 2.05) is 0 Å². The van der Waals surface area contributed by atoms with Crippen LogP contribution in [0.4, 0.5) is 0 Å². The van der Waals surface area contributed by atoms with Crippen LogP contribution < -0.4 is 0 Å². The van der Waals surface area contributed by atoms with Gasteiger partial charge in [0.05, 0.1) is 0 Å². The summed E-state index contributed by atoms with van der Waals surface area (Å²) in [4.78, 5) is 0. The van der Waals surface area contributed by atoms with E-state index in [0.717, 1.165) is 12.2 Å². The fourth-order valence-electron chi connectivity index (χ4n) is 0.754. The van der Waals surface area contributed by atoms with Crippen molar-refractivity contribution in [1.82, 2.24) is 0 Å². The van der Waals surface area contributed by atoms with Crippen LogP contribution in [0.2, 0.25) is 0 Å². The Bertz CT molecular complexity index is 169. The van der Waals surface area contributed by atoms with E-state index in [-0.39, 0.29) is 0 Å². The van der Waals surface area contributed by atoms with Crippen LogP contribution in [0.25, 0.3) is 0 Å². The minimum Gasteiger partial charge on any atom is -0.179 e. The van der Waals surface area contributed by atoms with E-state index >= 15 is 0 Å². The summed E-state index contributed by atoms with van der Waals surface area (Å²) >= 11 is 10.3. The van der Waals surface area contributed by atoms with Gasteiger partial charge in [0.15, 0.2) is 0 Å². The molecule has 0 bridgehead atoms. The van der Waals surface area contributed by atoms with Crippen molar-refractivity contribution in [3.05, 3.63) is 22.4 Å². The van der Waals surface area contributed by atoms with Gasteiger partial charge in [-0.15, -0.1) is 0 Å². The van der Waals surface area contributed by atoms with Gasteiger partial charge >= 0.3 is 0 Å². The molecule has 0 radical (unpaired) electrons. The summed E-state index contributed by atoms with van der Waals surface area (Å²) in [5.74, 6) is 0.907. The number of rotatable bonds is 3. The molecule has 1 unspecified atom stereocenters. The molecule has 0 amide bonds. The van der Waals surface area contributed by atoms with Crippen LogP contribution in [0.5, 0.6) is 0 Å².